The van der Waals surface area contributed by atoms with Gasteiger partial charge in [-0.15, -0.1) is 0 Å². The van der Waals surface area contributed by atoms with E-state index >= 15 is 0 Å². The van der Waals surface area contributed by atoms with Gasteiger partial charge in [0, 0.05) is 29.4 Å². The SMILES string of the molecule is CCC1CCCCN1C(=O)c1cccc(C(=O)Nc2c(C)cccc2C)c1. The van der Waals surface area contributed by atoms with Crippen LogP contribution in [0.3, 0.4) is 0 Å². The summed E-state index contributed by atoms with van der Waals surface area (Å²) >= 11 is 0. The first-order chi connectivity index (χ1) is 13.0. The van der Waals surface area contributed by atoms with Crippen molar-refractivity contribution in [3.8, 4) is 0 Å². The summed E-state index contributed by atoms with van der Waals surface area (Å²) in [5, 5.41) is 3.00. The summed E-state index contributed by atoms with van der Waals surface area (Å²) in [4.78, 5) is 27.7. The molecule has 2 aromatic rings. The molecule has 27 heavy (non-hydrogen) atoms. The van der Waals surface area contributed by atoms with Crippen LogP contribution in [0.5, 0.6) is 0 Å². The molecule has 1 aliphatic heterocycles. The first-order valence-electron chi connectivity index (χ1n) is 9.80. The summed E-state index contributed by atoms with van der Waals surface area (Å²) in [5.74, 6) is -0.156. The van der Waals surface area contributed by atoms with Crippen molar-refractivity contribution in [3.63, 3.8) is 0 Å². The molecule has 2 aromatic carbocycles. The fourth-order valence-corrected chi connectivity index (χ4v) is 3.85. The zero-order valence-corrected chi connectivity index (χ0v) is 16.4. The highest BCUT2D eigenvalue weighted by Gasteiger charge is 2.26. The number of hydrogen-bond acceptors (Lipinski definition) is 2. The third-order valence-electron chi connectivity index (χ3n) is 5.45. The lowest BCUT2D eigenvalue weighted by molar-refractivity contribution is 0.0608. The van der Waals surface area contributed by atoms with Crippen LogP contribution in [-0.4, -0.2) is 29.3 Å². The highest BCUT2D eigenvalue weighted by atomic mass is 16.2. The number of benzene rings is 2. The molecule has 0 aromatic heterocycles. The van der Waals surface area contributed by atoms with Crippen molar-refractivity contribution in [2.45, 2.75) is 52.5 Å². The molecule has 3 rings (SSSR count). The van der Waals surface area contributed by atoms with Crippen molar-refractivity contribution in [2.24, 2.45) is 0 Å². The Morgan fingerprint density at radius 1 is 1.04 bits per heavy atom. The molecule has 1 N–H and O–H groups in total. The summed E-state index contributed by atoms with van der Waals surface area (Å²) in [6.07, 6.45) is 4.27. The Labute approximate surface area is 161 Å². The molecule has 0 aliphatic carbocycles. The molecular weight excluding hydrogens is 336 g/mol. The molecule has 142 valence electrons. The van der Waals surface area contributed by atoms with E-state index in [4.69, 9.17) is 0 Å². The molecule has 0 spiro atoms. The number of para-hydroxylation sites is 1. The average Bonchev–Trinajstić information content (AvgIpc) is 2.70. The van der Waals surface area contributed by atoms with Crippen molar-refractivity contribution in [3.05, 3.63) is 64.7 Å². The Balaban J connectivity index is 1.80. The van der Waals surface area contributed by atoms with E-state index in [1.165, 1.54) is 6.42 Å². The molecule has 4 nitrogen and oxygen atoms in total. The molecule has 4 heteroatoms. The minimum atomic E-state index is -0.187. The minimum Gasteiger partial charge on any atom is -0.336 e. The van der Waals surface area contributed by atoms with Crippen LogP contribution in [-0.2, 0) is 0 Å². The van der Waals surface area contributed by atoms with Crippen LogP contribution in [0.4, 0.5) is 5.69 Å². The maximum absolute atomic E-state index is 13.0. The van der Waals surface area contributed by atoms with Gasteiger partial charge in [-0.1, -0.05) is 31.2 Å². The van der Waals surface area contributed by atoms with Crippen LogP contribution in [0, 0.1) is 13.8 Å². The highest BCUT2D eigenvalue weighted by Crippen LogP contribution is 2.23. The third kappa shape index (κ3) is 4.21. The van der Waals surface area contributed by atoms with Gasteiger partial charge in [0.05, 0.1) is 0 Å². The second-order valence-corrected chi connectivity index (χ2v) is 7.36. The lowest BCUT2D eigenvalue weighted by Crippen LogP contribution is -2.43. The van der Waals surface area contributed by atoms with Gasteiger partial charge in [0.2, 0.25) is 0 Å². The number of piperidine rings is 1. The number of anilines is 1. The quantitative estimate of drug-likeness (QED) is 0.833. The number of likely N-dealkylation sites (tertiary alicyclic amines) is 1. The number of hydrogen-bond donors (Lipinski definition) is 1. The molecule has 1 aliphatic rings. The van der Waals surface area contributed by atoms with Gasteiger partial charge in [-0.2, -0.15) is 0 Å². The molecular formula is C23H28N2O2. The van der Waals surface area contributed by atoms with E-state index in [9.17, 15) is 9.59 Å². The van der Waals surface area contributed by atoms with E-state index < -0.39 is 0 Å². The predicted molar refractivity (Wildman–Crippen MR) is 109 cm³/mol. The maximum Gasteiger partial charge on any atom is 0.255 e. The summed E-state index contributed by atoms with van der Waals surface area (Å²) in [5.41, 5.74) is 3.98. The van der Waals surface area contributed by atoms with E-state index in [1.54, 1.807) is 24.3 Å². The highest BCUT2D eigenvalue weighted by molar-refractivity contribution is 6.06. The van der Waals surface area contributed by atoms with Gasteiger partial charge in [-0.05, 0) is 68.9 Å². The van der Waals surface area contributed by atoms with Crippen LogP contribution < -0.4 is 5.32 Å². The number of carbonyl (C=O) groups is 2. The number of aryl methyl sites for hydroxylation is 2. The number of carbonyl (C=O) groups excluding carboxylic acids is 2. The number of nitrogens with zero attached hydrogens (tertiary/aromatic N) is 1. The second-order valence-electron chi connectivity index (χ2n) is 7.36. The van der Waals surface area contributed by atoms with Gasteiger partial charge in [0.25, 0.3) is 11.8 Å². The Kier molecular flexibility index (Phi) is 5.94. The Morgan fingerprint density at radius 3 is 2.41 bits per heavy atom. The van der Waals surface area contributed by atoms with Crippen molar-refractivity contribution < 1.29 is 9.59 Å². The number of amides is 2. The van der Waals surface area contributed by atoms with Gasteiger partial charge >= 0.3 is 0 Å². The van der Waals surface area contributed by atoms with Crippen LogP contribution in [0.2, 0.25) is 0 Å². The standard InChI is InChI=1S/C23H28N2O2/c1-4-20-13-5-6-14-25(20)23(27)19-12-8-11-18(15-19)22(26)24-21-16(2)9-7-10-17(21)3/h7-12,15,20H,4-6,13-14H2,1-3H3,(H,24,26). The van der Waals surface area contributed by atoms with Crippen molar-refractivity contribution in [1.82, 2.24) is 4.90 Å². The number of rotatable bonds is 4. The molecule has 1 fully saturated rings. The van der Waals surface area contributed by atoms with Crippen LogP contribution in [0.15, 0.2) is 42.5 Å². The largest absolute Gasteiger partial charge is 0.336 e. The molecule has 1 heterocycles. The Hall–Kier alpha value is -2.62. The molecule has 2 amide bonds. The second kappa shape index (κ2) is 8.38. The summed E-state index contributed by atoms with van der Waals surface area (Å²) in [6, 6.07) is 13.3. The Morgan fingerprint density at radius 2 is 1.70 bits per heavy atom. The maximum atomic E-state index is 13.0. The molecule has 1 unspecified atom stereocenters. The van der Waals surface area contributed by atoms with Crippen LogP contribution in [0.1, 0.15) is 64.4 Å². The fourth-order valence-electron chi connectivity index (χ4n) is 3.85. The molecule has 1 saturated heterocycles. The lowest BCUT2D eigenvalue weighted by Gasteiger charge is -2.35. The third-order valence-corrected chi connectivity index (χ3v) is 5.45. The first kappa shape index (κ1) is 19.2. The van der Waals surface area contributed by atoms with E-state index in [2.05, 4.69) is 12.2 Å². The van der Waals surface area contributed by atoms with E-state index in [0.29, 0.717) is 17.2 Å². The number of nitrogens with one attached hydrogen (secondary N) is 1. The molecule has 1 atom stereocenters. The summed E-state index contributed by atoms with van der Waals surface area (Å²) in [6.45, 7) is 6.88. The van der Waals surface area contributed by atoms with Crippen molar-refractivity contribution in [1.29, 1.82) is 0 Å². The van der Waals surface area contributed by atoms with Gasteiger partial charge in [0.1, 0.15) is 0 Å². The van der Waals surface area contributed by atoms with Gasteiger partial charge in [-0.25, -0.2) is 0 Å². The van der Waals surface area contributed by atoms with E-state index in [-0.39, 0.29) is 11.8 Å². The molecule has 0 bridgehead atoms. The topological polar surface area (TPSA) is 49.4 Å². The van der Waals surface area contributed by atoms with Crippen molar-refractivity contribution in [2.75, 3.05) is 11.9 Å². The lowest BCUT2D eigenvalue weighted by atomic mass is 9.98. The van der Waals surface area contributed by atoms with Gasteiger partial charge in [0.15, 0.2) is 0 Å². The zero-order chi connectivity index (χ0) is 19.4. The average molecular weight is 364 g/mol. The van der Waals surface area contributed by atoms with E-state index in [1.807, 2.05) is 36.9 Å². The van der Waals surface area contributed by atoms with Crippen LogP contribution >= 0.6 is 0 Å². The van der Waals surface area contributed by atoms with Crippen molar-refractivity contribution >= 4 is 17.5 Å². The summed E-state index contributed by atoms with van der Waals surface area (Å²) in [7, 11) is 0. The smallest absolute Gasteiger partial charge is 0.255 e. The zero-order valence-electron chi connectivity index (χ0n) is 16.4. The minimum absolute atomic E-state index is 0.0308. The Bertz CT molecular complexity index is 824. The predicted octanol–water partition coefficient (Wildman–Crippen LogP) is 4.96. The normalized spacial score (nSPS) is 16.9. The molecule has 0 radical (unpaired) electrons. The first-order valence-corrected chi connectivity index (χ1v) is 9.80. The monoisotopic (exact) mass is 364 g/mol. The van der Waals surface area contributed by atoms with E-state index in [0.717, 1.165) is 42.6 Å². The van der Waals surface area contributed by atoms with Gasteiger partial charge in [-0.3, -0.25) is 9.59 Å². The summed E-state index contributed by atoms with van der Waals surface area (Å²) < 4.78 is 0. The molecule has 0 saturated carbocycles. The van der Waals surface area contributed by atoms with Crippen LogP contribution in [0.25, 0.3) is 0 Å². The fraction of sp³-hybridized carbons (Fsp3) is 0.391. The van der Waals surface area contributed by atoms with Gasteiger partial charge < -0.3 is 10.2 Å².